The molecule has 12 rings (SSSR count). The molecule has 59 heavy (non-hydrogen) atoms. The highest BCUT2D eigenvalue weighted by molar-refractivity contribution is 6.24. The van der Waals surface area contributed by atoms with Gasteiger partial charge in [0.2, 0.25) is 0 Å². The van der Waals surface area contributed by atoms with E-state index in [1.807, 2.05) is 0 Å². The highest BCUT2D eigenvalue weighted by Gasteiger charge is 2.36. The molecule has 0 heteroatoms. The average Bonchev–Trinajstić information content (AvgIpc) is 3.52. The van der Waals surface area contributed by atoms with Crippen LogP contribution in [0.25, 0.3) is 109 Å². The van der Waals surface area contributed by atoms with E-state index in [1.165, 1.54) is 121 Å². The summed E-state index contributed by atoms with van der Waals surface area (Å²) in [7, 11) is 0. The molecule has 0 saturated carbocycles. The summed E-state index contributed by atoms with van der Waals surface area (Å²) < 4.78 is 0. The molecule has 1 aliphatic carbocycles. The van der Waals surface area contributed by atoms with Gasteiger partial charge in [0.25, 0.3) is 0 Å². The van der Waals surface area contributed by atoms with Crippen LogP contribution in [0, 0.1) is 0 Å². The van der Waals surface area contributed by atoms with E-state index in [-0.39, 0.29) is 5.41 Å². The molecule has 0 spiro atoms. The molecule has 0 N–H and O–H groups in total. The van der Waals surface area contributed by atoms with Crippen molar-refractivity contribution in [1.82, 2.24) is 0 Å². The predicted octanol–water partition coefficient (Wildman–Crippen LogP) is 16.4. The summed E-state index contributed by atoms with van der Waals surface area (Å²) in [5, 5.41) is 12.6. The monoisotopic (exact) mass is 748 g/mol. The third-order valence-electron chi connectivity index (χ3n) is 13.2. The third-order valence-corrected chi connectivity index (χ3v) is 13.2. The lowest BCUT2D eigenvalue weighted by molar-refractivity contribution is 0.661. The van der Waals surface area contributed by atoms with Crippen LogP contribution in [0.15, 0.2) is 206 Å². The van der Waals surface area contributed by atoms with Crippen LogP contribution in [0.5, 0.6) is 0 Å². The minimum atomic E-state index is -0.133. The maximum absolute atomic E-state index is 2.46. The Balaban J connectivity index is 1.09. The second kappa shape index (κ2) is 12.9. The molecule has 11 aromatic carbocycles. The van der Waals surface area contributed by atoms with Gasteiger partial charge in [-0.2, -0.15) is 0 Å². The molecule has 0 amide bonds. The van der Waals surface area contributed by atoms with E-state index >= 15 is 0 Å². The van der Waals surface area contributed by atoms with E-state index < -0.39 is 0 Å². The van der Waals surface area contributed by atoms with Crippen molar-refractivity contribution in [2.75, 3.05) is 0 Å². The molecular formula is C59H40. The average molecular weight is 749 g/mol. The molecule has 0 heterocycles. The van der Waals surface area contributed by atoms with Crippen molar-refractivity contribution in [3.63, 3.8) is 0 Å². The summed E-state index contributed by atoms with van der Waals surface area (Å²) in [6.07, 6.45) is 0. The molecule has 0 unspecified atom stereocenters. The summed E-state index contributed by atoms with van der Waals surface area (Å²) in [5.41, 5.74) is 15.3. The SMILES string of the molecule is CC1(C)c2cc(-c3ccccc3)ccc2-c2ccc(-c3ccc4c(-c5ccc6ccccc6c5)cc5c6ccccc6c(-c6ccc7ccccc7c6)cc5c4c3)cc21. The van der Waals surface area contributed by atoms with Crippen molar-refractivity contribution in [3.8, 4) is 55.6 Å². The van der Waals surface area contributed by atoms with Crippen LogP contribution in [0.3, 0.4) is 0 Å². The molecule has 276 valence electrons. The minimum Gasteiger partial charge on any atom is -0.0622 e. The second-order valence-corrected chi connectivity index (χ2v) is 16.9. The Bertz CT molecular complexity index is 3510. The Kier molecular flexibility index (Phi) is 7.38. The van der Waals surface area contributed by atoms with Gasteiger partial charge in [-0.1, -0.05) is 178 Å². The van der Waals surface area contributed by atoms with Gasteiger partial charge in [0.1, 0.15) is 0 Å². The first-order chi connectivity index (χ1) is 29.0. The summed E-state index contributed by atoms with van der Waals surface area (Å²) in [5.74, 6) is 0. The van der Waals surface area contributed by atoms with E-state index in [1.54, 1.807) is 0 Å². The molecule has 11 aromatic rings. The fourth-order valence-electron chi connectivity index (χ4n) is 10.1. The van der Waals surface area contributed by atoms with Gasteiger partial charge >= 0.3 is 0 Å². The van der Waals surface area contributed by atoms with Crippen LogP contribution in [0.1, 0.15) is 25.0 Å². The van der Waals surface area contributed by atoms with Crippen LogP contribution < -0.4 is 0 Å². The Hall–Kier alpha value is -7.28. The molecule has 0 nitrogen and oxygen atoms in total. The predicted molar refractivity (Wildman–Crippen MR) is 253 cm³/mol. The lowest BCUT2D eigenvalue weighted by atomic mass is 9.80. The van der Waals surface area contributed by atoms with E-state index in [4.69, 9.17) is 0 Å². The maximum Gasteiger partial charge on any atom is 0.0159 e. The molecule has 0 saturated heterocycles. The van der Waals surface area contributed by atoms with Gasteiger partial charge in [-0.25, -0.2) is 0 Å². The van der Waals surface area contributed by atoms with Gasteiger partial charge in [-0.3, -0.25) is 0 Å². The Morgan fingerprint density at radius 3 is 1.27 bits per heavy atom. The summed E-state index contributed by atoms with van der Waals surface area (Å²) in [4.78, 5) is 0. The van der Waals surface area contributed by atoms with Crippen molar-refractivity contribution in [1.29, 1.82) is 0 Å². The molecule has 0 radical (unpaired) electrons. The number of fused-ring (bicyclic) bond motifs is 10. The zero-order chi connectivity index (χ0) is 39.2. The zero-order valence-corrected chi connectivity index (χ0v) is 33.1. The highest BCUT2D eigenvalue weighted by Crippen LogP contribution is 2.51. The van der Waals surface area contributed by atoms with Crippen molar-refractivity contribution >= 4 is 53.9 Å². The quantitative estimate of drug-likeness (QED) is 0.157. The lowest BCUT2D eigenvalue weighted by Crippen LogP contribution is -2.15. The van der Waals surface area contributed by atoms with Gasteiger partial charge in [0.05, 0.1) is 0 Å². The van der Waals surface area contributed by atoms with Crippen molar-refractivity contribution in [2.45, 2.75) is 19.3 Å². The molecule has 1 aliphatic rings. The van der Waals surface area contributed by atoms with Gasteiger partial charge in [-0.15, -0.1) is 0 Å². The van der Waals surface area contributed by atoms with Crippen LogP contribution in [0.2, 0.25) is 0 Å². The van der Waals surface area contributed by atoms with Gasteiger partial charge < -0.3 is 0 Å². The molecule has 0 fully saturated rings. The molecular weight excluding hydrogens is 709 g/mol. The van der Waals surface area contributed by atoms with Crippen molar-refractivity contribution in [3.05, 3.63) is 217 Å². The first-order valence-electron chi connectivity index (χ1n) is 20.7. The Morgan fingerprint density at radius 2 is 0.661 bits per heavy atom. The Labute approximate surface area is 344 Å². The minimum absolute atomic E-state index is 0.133. The normalized spacial score (nSPS) is 13.1. The number of benzene rings is 11. The van der Waals surface area contributed by atoms with E-state index in [9.17, 15) is 0 Å². The Morgan fingerprint density at radius 1 is 0.237 bits per heavy atom. The fraction of sp³-hybridized carbons (Fsp3) is 0.0508. The summed E-state index contributed by atoms with van der Waals surface area (Å²) >= 11 is 0. The van der Waals surface area contributed by atoms with E-state index in [0.29, 0.717) is 0 Å². The van der Waals surface area contributed by atoms with E-state index in [0.717, 1.165) is 0 Å². The van der Waals surface area contributed by atoms with Crippen molar-refractivity contribution < 1.29 is 0 Å². The van der Waals surface area contributed by atoms with Crippen LogP contribution in [-0.4, -0.2) is 0 Å². The topological polar surface area (TPSA) is 0 Å². The third kappa shape index (κ3) is 5.30. The molecule has 0 aromatic heterocycles. The standard InChI is InChI=1S/C59H40/c1-59(2)57-33-43(37-12-4-3-5-13-37)25-28-50(57)51-29-26-44(34-58(51)59)42-24-27-49-53(46-23-21-39-15-7-9-17-41(39)31-46)35-55-48-19-11-10-18-47(48)52(36-56(55)54(49)32-42)45-22-20-38-14-6-8-16-40(38)30-45/h3-36H,1-2H3. The van der Waals surface area contributed by atoms with Crippen LogP contribution in [-0.2, 0) is 5.41 Å². The summed E-state index contributed by atoms with van der Waals surface area (Å²) in [6.45, 7) is 4.78. The molecule has 0 aliphatic heterocycles. The molecule has 0 bridgehead atoms. The highest BCUT2D eigenvalue weighted by atomic mass is 14.4. The largest absolute Gasteiger partial charge is 0.0622 e. The van der Waals surface area contributed by atoms with Crippen molar-refractivity contribution in [2.24, 2.45) is 0 Å². The van der Waals surface area contributed by atoms with Gasteiger partial charge in [0, 0.05) is 5.41 Å². The smallest absolute Gasteiger partial charge is 0.0159 e. The zero-order valence-electron chi connectivity index (χ0n) is 33.1. The number of hydrogen-bond donors (Lipinski definition) is 0. The first-order valence-corrected chi connectivity index (χ1v) is 20.7. The van der Waals surface area contributed by atoms with Gasteiger partial charge in [-0.05, 0) is 163 Å². The lowest BCUT2D eigenvalue weighted by Gasteiger charge is -2.23. The van der Waals surface area contributed by atoms with Crippen LogP contribution >= 0.6 is 0 Å². The number of hydrogen-bond acceptors (Lipinski definition) is 0. The van der Waals surface area contributed by atoms with Gasteiger partial charge in [0.15, 0.2) is 0 Å². The molecule has 0 atom stereocenters. The first kappa shape index (κ1) is 33.8. The summed E-state index contributed by atoms with van der Waals surface area (Å²) in [6, 6.07) is 77.2. The van der Waals surface area contributed by atoms with Crippen LogP contribution in [0.4, 0.5) is 0 Å². The van der Waals surface area contributed by atoms with E-state index in [2.05, 4.69) is 220 Å². The number of rotatable bonds is 4. The maximum atomic E-state index is 2.46. The fourth-order valence-corrected chi connectivity index (χ4v) is 10.1. The second-order valence-electron chi connectivity index (χ2n) is 16.9.